The predicted octanol–water partition coefficient (Wildman–Crippen LogP) is 2.08. The topological polar surface area (TPSA) is 65.8 Å². The van der Waals surface area contributed by atoms with Crippen LogP contribution in [0.15, 0.2) is 18.5 Å². The van der Waals surface area contributed by atoms with Crippen molar-refractivity contribution in [3.8, 4) is 0 Å². The Labute approximate surface area is 116 Å². The van der Waals surface area contributed by atoms with E-state index >= 15 is 0 Å². The fourth-order valence-corrected chi connectivity index (χ4v) is 2.51. The minimum Gasteiger partial charge on any atom is -0.598 e. The van der Waals surface area contributed by atoms with Gasteiger partial charge in [0.25, 0.3) is 0 Å². The van der Waals surface area contributed by atoms with E-state index in [-0.39, 0.29) is 10.8 Å². The molecule has 2 aromatic rings. The third-order valence-corrected chi connectivity index (χ3v) is 4.61. The molecule has 0 saturated heterocycles. The van der Waals surface area contributed by atoms with Gasteiger partial charge in [0.1, 0.15) is 4.75 Å². The summed E-state index contributed by atoms with van der Waals surface area (Å²) in [5.41, 5.74) is 1.87. The van der Waals surface area contributed by atoms with Gasteiger partial charge in [-0.1, -0.05) is 0 Å². The molecule has 0 saturated carbocycles. The lowest BCUT2D eigenvalue weighted by atomic mass is 10.1. The van der Waals surface area contributed by atoms with Gasteiger partial charge in [-0.05, 0) is 39.3 Å². The van der Waals surface area contributed by atoms with Gasteiger partial charge in [-0.3, -0.25) is 4.68 Å². The van der Waals surface area contributed by atoms with Crippen molar-refractivity contribution in [3.05, 3.63) is 24.0 Å². The van der Waals surface area contributed by atoms with Crippen molar-refractivity contribution in [2.45, 2.75) is 38.5 Å². The SMILES string of the molecule is C[C@@H](N[S@+]([O-])C(C)(C)C)c1cnc2c(cnn2C)c1. The zero-order chi connectivity index (χ0) is 14.2. The third kappa shape index (κ3) is 3.08. The first-order valence-electron chi connectivity index (χ1n) is 6.25. The molecular weight excluding hydrogens is 260 g/mol. The number of nitrogens with zero attached hydrogens (tertiary/aromatic N) is 3. The number of hydrogen-bond acceptors (Lipinski definition) is 4. The van der Waals surface area contributed by atoms with Crippen LogP contribution < -0.4 is 4.72 Å². The van der Waals surface area contributed by atoms with E-state index in [1.165, 1.54) is 0 Å². The number of aromatic nitrogens is 3. The van der Waals surface area contributed by atoms with Crippen LogP contribution in [0, 0.1) is 0 Å². The van der Waals surface area contributed by atoms with Crippen molar-refractivity contribution in [2.24, 2.45) is 7.05 Å². The summed E-state index contributed by atoms with van der Waals surface area (Å²) in [6, 6.07) is 2.02. The Bertz CT molecular complexity index is 576. The van der Waals surface area contributed by atoms with E-state index in [0.29, 0.717) is 0 Å². The fraction of sp³-hybridized carbons (Fsp3) is 0.538. The molecule has 2 rings (SSSR count). The number of nitrogens with one attached hydrogen (secondary N) is 1. The quantitative estimate of drug-likeness (QED) is 0.874. The van der Waals surface area contributed by atoms with Crippen molar-refractivity contribution < 1.29 is 4.55 Å². The number of aryl methyl sites for hydroxylation is 1. The second kappa shape index (κ2) is 5.11. The molecular formula is C13H20N4OS. The van der Waals surface area contributed by atoms with Gasteiger partial charge in [-0.15, -0.1) is 4.72 Å². The Balaban J connectivity index is 2.19. The van der Waals surface area contributed by atoms with Gasteiger partial charge in [0, 0.05) is 30.0 Å². The Morgan fingerprint density at radius 1 is 1.37 bits per heavy atom. The average Bonchev–Trinajstić information content (AvgIpc) is 2.69. The van der Waals surface area contributed by atoms with Gasteiger partial charge in [0.2, 0.25) is 0 Å². The van der Waals surface area contributed by atoms with Crippen molar-refractivity contribution in [3.63, 3.8) is 0 Å². The second-order valence-electron chi connectivity index (χ2n) is 5.67. The van der Waals surface area contributed by atoms with Crippen LogP contribution in [0.4, 0.5) is 0 Å². The van der Waals surface area contributed by atoms with E-state index in [1.54, 1.807) is 10.9 Å². The standard InChI is InChI=1S/C13H20N4OS/c1-9(16-19(18)13(2,3)4)10-6-11-8-15-17(5)12(11)14-7-10/h6-9,16H,1-5H3/t9-,19-/m1/s1. The van der Waals surface area contributed by atoms with E-state index < -0.39 is 11.4 Å². The first-order valence-corrected chi connectivity index (χ1v) is 7.39. The van der Waals surface area contributed by atoms with Crippen LogP contribution in [-0.4, -0.2) is 24.1 Å². The molecule has 0 unspecified atom stereocenters. The largest absolute Gasteiger partial charge is 0.598 e. The lowest BCUT2D eigenvalue weighted by Gasteiger charge is -2.26. The Morgan fingerprint density at radius 2 is 2.05 bits per heavy atom. The maximum absolute atomic E-state index is 12.1. The van der Waals surface area contributed by atoms with Gasteiger partial charge in [0.05, 0.1) is 12.2 Å². The molecule has 0 aromatic carbocycles. The molecule has 0 bridgehead atoms. The lowest BCUT2D eigenvalue weighted by molar-refractivity contribution is 0.531. The maximum Gasteiger partial charge on any atom is 0.157 e. The molecule has 2 aromatic heterocycles. The third-order valence-electron chi connectivity index (χ3n) is 2.93. The molecule has 0 amide bonds. The summed E-state index contributed by atoms with van der Waals surface area (Å²) < 4.78 is 16.7. The molecule has 0 aliphatic carbocycles. The highest BCUT2D eigenvalue weighted by Crippen LogP contribution is 2.21. The van der Waals surface area contributed by atoms with Crippen LogP contribution in [-0.2, 0) is 18.4 Å². The zero-order valence-corrected chi connectivity index (χ0v) is 12.8. The van der Waals surface area contributed by atoms with Gasteiger partial charge in [-0.25, -0.2) is 4.98 Å². The van der Waals surface area contributed by atoms with E-state index in [0.717, 1.165) is 16.6 Å². The van der Waals surface area contributed by atoms with Crippen LogP contribution in [0.2, 0.25) is 0 Å². The summed E-state index contributed by atoms with van der Waals surface area (Å²) >= 11 is -1.10. The maximum atomic E-state index is 12.1. The van der Waals surface area contributed by atoms with Gasteiger partial charge in [0.15, 0.2) is 5.65 Å². The van der Waals surface area contributed by atoms with Crippen molar-refractivity contribution in [2.75, 3.05) is 0 Å². The monoisotopic (exact) mass is 280 g/mol. The molecule has 0 aliphatic rings. The van der Waals surface area contributed by atoms with E-state index in [1.807, 2.05) is 47.0 Å². The zero-order valence-electron chi connectivity index (χ0n) is 12.0. The molecule has 1 N–H and O–H groups in total. The van der Waals surface area contributed by atoms with Crippen LogP contribution >= 0.6 is 0 Å². The average molecular weight is 280 g/mol. The van der Waals surface area contributed by atoms with Crippen molar-refractivity contribution in [1.82, 2.24) is 19.5 Å². The Kier molecular flexibility index (Phi) is 3.85. The highest BCUT2D eigenvalue weighted by Gasteiger charge is 2.28. The van der Waals surface area contributed by atoms with Crippen LogP contribution in [0.3, 0.4) is 0 Å². The summed E-state index contributed by atoms with van der Waals surface area (Å²) in [7, 11) is 1.87. The predicted molar refractivity (Wildman–Crippen MR) is 78.0 cm³/mol. The van der Waals surface area contributed by atoms with Gasteiger partial charge < -0.3 is 4.55 Å². The van der Waals surface area contributed by atoms with Crippen molar-refractivity contribution in [1.29, 1.82) is 0 Å². The molecule has 5 nitrogen and oxygen atoms in total. The number of rotatable bonds is 3. The van der Waals surface area contributed by atoms with Crippen LogP contribution in [0.1, 0.15) is 39.3 Å². The summed E-state index contributed by atoms with van der Waals surface area (Å²) in [4.78, 5) is 4.39. The van der Waals surface area contributed by atoms with Gasteiger partial charge >= 0.3 is 0 Å². The molecule has 0 radical (unpaired) electrons. The Hall–Kier alpha value is -1.11. The second-order valence-corrected chi connectivity index (χ2v) is 7.67. The van der Waals surface area contributed by atoms with E-state index in [4.69, 9.17) is 0 Å². The Morgan fingerprint density at radius 3 is 2.68 bits per heavy atom. The summed E-state index contributed by atoms with van der Waals surface area (Å²) in [5.74, 6) is 0. The molecule has 19 heavy (non-hydrogen) atoms. The summed E-state index contributed by atoms with van der Waals surface area (Å²) in [6.45, 7) is 7.84. The molecule has 2 atom stereocenters. The highest BCUT2D eigenvalue weighted by molar-refractivity contribution is 7.90. The lowest BCUT2D eigenvalue weighted by Crippen LogP contribution is -2.40. The number of fused-ring (bicyclic) bond motifs is 1. The minimum absolute atomic E-state index is 0.0165. The highest BCUT2D eigenvalue weighted by atomic mass is 32.2. The van der Waals surface area contributed by atoms with E-state index in [9.17, 15) is 4.55 Å². The molecule has 2 heterocycles. The number of pyridine rings is 1. The smallest absolute Gasteiger partial charge is 0.157 e. The minimum atomic E-state index is -1.10. The van der Waals surface area contributed by atoms with E-state index in [2.05, 4.69) is 14.8 Å². The van der Waals surface area contributed by atoms with Crippen LogP contribution in [0.25, 0.3) is 11.0 Å². The molecule has 104 valence electrons. The fourth-order valence-electron chi connectivity index (χ4n) is 1.70. The van der Waals surface area contributed by atoms with Crippen LogP contribution in [0.5, 0.6) is 0 Å². The van der Waals surface area contributed by atoms with Crippen molar-refractivity contribution >= 4 is 22.4 Å². The number of hydrogen-bond donors (Lipinski definition) is 1. The first kappa shape index (κ1) is 14.3. The molecule has 6 heteroatoms. The molecule has 0 aliphatic heterocycles. The molecule has 0 fully saturated rings. The summed E-state index contributed by atoms with van der Waals surface area (Å²) in [6.07, 6.45) is 3.60. The molecule has 0 spiro atoms. The normalized spacial score (nSPS) is 15.7. The first-order chi connectivity index (χ1) is 8.79. The summed E-state index contributed by atoms with van der Waals surface area (Å²) in [5, 5.41) is 5.17. The van der Waals surface area contributed by atoms with Gasteiger partial charge in [-0.2, -0.15) is 5.10 Å².